The van der Waals surface area contributed by atoms with Gasteiger partial charge in [-0.1, -0.05) is 158 Å². The molecule has 0 aliphatic heterocycles. The van der Waals surface area contributed by atoms with Gasteiger partial charge in [-0.2, -0.15) is 0 Å². The Morgan fingerprint density at radius 2 is 1.02 bits per heavy atom. The Morgan fingerprint density at radius 1 is 0.447 bits per heavy atom. The van der Waals surface area contributed by atoms with Gasteiger partial charge in [0.25, 0.3) is 0 Å². The lowest BCUT2D eigenvalue weighted by molar-refractivity contribution is 0.694. The summed E-state index contributed by atoms with van der Waals surface area (Å²) >= 11 is 0. The Hall–Kier alpha value is -5.79. The largest absolute Gasteiger partial charge is 0.248 e. The maximum absolute atomic E-state index is 5.13. The first-order chi connectivity index (χ1) is 23.1. The average Bonchev–Trinajstić information content (AvgIpc) is 3.71. The van der Waals surface area contributed by atoms with E-state index in [1.165, 1.54) is 55.3 Å². The molecule has 1 heteroatoms. The number of allylic oxidation sites excluding steroid dienone is 4. The van der Waals surface area contributed by atoms with E-state index in [0.717, 1.165) is 23.4 Å². The summed E-state index contributed by atoms with van der Waals surface area (Å²) in [6.07, 6.45) is 7.41. The number of benzene rings is 6. The standard InChI is InChI=1S/C46H35N/c1-46(41-17-7-3-8-18-41,42-19-9-4-10-20-42)43-28-27-35-23-26-38(29-39(35)30-43)34-21-24-37(25-22-34)45-32-40(33-13-5-2-6-14-33)31-44(47-45)36-15-11-12-16-36/h2-15,17-32H,16H2,1H3. The predicted octanol–water partition coefficient (Wildman–Crippen LogP) is 11.9. The van der Waals surface area contributed by atoms with E-state index in [0.29, 0.717) is 0 Å². The highest BCUT2D eigenvalue weighted by Crippen LogP contribution is 2.40. The molecule has 0 atom stereocenters. The van der Waals surface area contributed by atoms with E-state index in [9.17, 15) is 0 Å². The molecule has 1 aliphatic rings. The van der Waals surface area contributed by atoms with E-state index in [-0.39, 0.29) is 5.41 Å². The minimum atomic E-state index is -0.279. The van der Waals surface area contributed by atoms with E-state index in [1.54, 1.807) is 0 Å². The van der Waals surface area contributed by atoms with Crippen molar-refractivity contribution in [3.05, 3.63) is 204 Å². The van der Waals surface area contributed by atoms with Crippen molar-refractivity contribution in [2.45, 2.75) is 18.8 Å². The molecule has 1 nitrogen and oxygen atoms in total. The van der Waals surface area contributed by atoms with Crippen LogP contribution in [-0.2, 0) is 5.41 Å². The first-order valence-electron chi connectivity index (χ1n) is 16.3. The van der Waals surface area contributed by atoms with Gasteiger partial charge in [-0.15, -0.1) is 0 Å². The molecule has 0 N–H and O–H groups in total. The van der Waals surface area contributed by atoms with Crippen LogP contribution in [-0.4, -0.2) is 4.98 Å². The van der Waals surface area contributed by atoms with Gasteiger partial charge in [0, 0.05) is 11.0 Å². The molecule has 0 spiro atoms. The molecule has 1 aliphatic carbocycles. The van der Waals surface area contributed by atoms with Crippen LogP contribution in [0.15, 0.2) is 182 Å². The Balaban J connectivity index is 1.16. The van der Waals surface area contributed by atoms with Gasteiger partial charge in [-0.25, -0.2) is 4.98 Å². The Morgan fingerprint density at radius 3 is 1.68 bits per heavy atom. The monoisotopic (exact) mass is 601 g/mol. The predicted molar refractivity (Wildman–Crippen MR) is 198 cm³/mol. The van der Waals surface area contributed by atoms with Crippen molar-refractivity contribution in [1.82, 2.24) is 4.98 Å². The van der Waals surface area contributed by atoms with Gasteiger partial charge in [-0.3, -0.25) is 0 Å². The lowest BCUT2D eigenvalue weighted by Crippen LogP contribution is -2.25. The van der Waals surface area contributed by atoms with Crippen molar-refractivity contribution in [2.24, 2.45) is 0 Å². The zero-order chi connectivity index (χ0) is 31.6. The summed E-state index contributed by atoms with van der Waals surface area (Å²) in [6.45, 7) is 2.34. The Labute approximate surface area is 277 Å². The molecule has 6 aromatic carbocycles. The second-order valence-corrected chi connectivity index (χ2v) is 12.5. The zero-order valence-corrected chi connectivity index (χ0v) is 26.5. The molecule has 0 saturated carbocycles. The highest BCUT2D eigenvalue weighted by molar-refractivity contribution is 5.89. The fraction of sp³-hybridized carbons (Fsp3) is 0.0652. The molecule has 47 heavy (non-hydrogen) atoms. The van der Waals surface area contributed by atoms with Crippen molar-refractivity contribution < 1.29 is 0 Å². The van der Waals surface area contributed by atoms with Crippen molar-refractivity contribution in [1.29, 1.82) is 0 Å². The number of hydrogen-bond donors (Lipinski definition) is 0. The van der Waals surface area contributed by atoms with Crippen LogP contribution in [0.2, 0.25) is 0 Å². The second-order valence-electron chi connectivity index (χ2n) is 12.5. The summed E-state index contributed by atoms with van der Waals surface area (Å²) in [7, 11) is 0. The van der Waals surface area contributed by atoms with Crippen LogP contribution >= 0.6 is 0 Å². The Bertz CT molecular complexity index is 2200. The number of pyridine rings is 1. The third-order valence-electron chi connectivity index (χ3n) is 9.67. The van der Waals surface area contributed by atoms with Crippen LogP contribution in [0, 0.1) is 0 Å². The van der Waals surface area contributed by atoms with Gasteiger partial charge in [0.15, 0.2) is 0 Å². The summed E-state index contributed by atoms with van der Waals surface area (Å²) in [4.78, 5) is 5.13. The highest BCUT2D eigenvalue weighted by Gasteiger charge is 2.31. The van der Waals surface area contributed by atoms with Gasteiger partial charge in [0.1, 0.15) is 0 Å². The molecule has 0 amide bonds. The van der Waals surface area contributed by atoms with Crippen molar-refractivity contribution >= 4 is 16.3 Å². The third kappa shape index (κ3) is 5.51. The minimum absolute atomic E-state index is 0.279. The smallest absolute Gasteiger partial charge is 0.0715 e. The highest BCUT2D eigenvalue weighted by atomic mass is 14.7. The van der Waals surface area contributed by atoms with E-state index in [4.69, 9.17) is 4.98 Å². The van der Waals surface area contributed by atoms with Gasteiger partial charge < -0.3 is 0 Å². The molecular formula is C46H35N. The number of fused-ring (bicyclic) bond motifs is 1. The molecule has 0 unspecified atom stereocenters. The lowest BCUT2D eigenvalue weighted by atomic mass is 9.71. The van der Waals surface area contributed by atoms with E-state index in [1.807, 2.05) is 0 Å². The molecule has 7 aromatic rings. The zero-order valence-electron chi connectivity index (χ0n) is 26.5. The number of nitrogens with zero attached hydrogens (tertiary/aromatic N) is 1. The van der Waals surface area contributed by atoms with Crippen LogP contribution in [0.25, 0.3) is 49.9 Å². The topological polar surface area (TPSA) is 12.9 Å². The van der Waals surface area contributed by atoms with Crippen LogP contribution in [0.5, 0.6) is 0 Å². The second kappa shape index (κ2) is 12.2. The summed E-state index contributed by atoms with van der Waals surface area (Å²) in [5.41, 5.74) is 12.8. The van der Waals surface area contributed by atoms with Crippen molar-refractivity contribution in [3.63, 3.8) is 0 Å². The first kappa shape index (κ1) is 28.7. The van der Waals surface area contributed by atoms with E-state index >= 15 is 0 Å². The van der Waals surface area contributed by atoms with Crippen molar-refractivity contribution in [3.8, 4) is 33.5 Å². The van der Waals surface area contributed by atoms with Gasteiger partial charge in [0.05, 0.1) is 11.4 Å². The summed E-state index contributed by atoms with van der Waals surface area (Å²) in [6, 6.07) is 59.3. The van der Waals surface area contributed by atoms with E-state index in [2.05, 4.69) is 189 Å². The quantitative estimate of drug-likeness (QED) is 0.166. The summed E-state index contributed by atoms with van der Waals surface area (Å²) in [5, 5.41) is 2.48. The molecular weight excluding hydrogens is 567 g/mol. The number of rotatable bonds is 7. The normalized spacial score (nSPS) is 12.7. The van der Waals surface area contributed by atoms with Crippen LogP contribution < -0.4 is 0 Å². The summed E-state index contributed by atoms with van der Waals surface area (Å²) < 4.78 is 0. The number of aromatic nitrogens is 1. The molecule has 0 fully saturated rings. The molecule has 8 rings (SSSR count). The van der Waals surface area contributed by atoms with Crippen LogP contribution in [0.3, 0.4) is 0 Å². The van der Waals surface area contributed by atoms with Gasteiger partial charge >= 0.3 is 0 Å². The average molecular weight is 602 g/mol. The molecule has 1 aromatic heterocycles. The number of hydrogen-bond acceptors (Lipinski definition) is 1. The maximum Gasteiger partial charge on any atom is 0.0715 e. The molecule has 0 radical (unpaired) electrons. The SMILES string of the molecule is CC(c1ccccc1)(c1ccccc1)c1ccc2ccc(-c3ccc(-c4cc(-c5ccccc5)cc(C5=CC=CC5)n4)cc3)cc2c1. The Kier molecular flexibility index (Phi) is 7.44. The third-order valence-corrected chi connectivity index (χ3v) is 9.67. The van der Waals surface area contributed by atoms with Gasteiger partial charge in [0.2, 0.25) is 0 Å². The lowest BCUT2D eigenvalue weighted by Gasteiger charge is -2.32. The van der Waals surface area contributed by atoms with E-state index < -0.39 is 0 Å². The summed E-state index contributed by atoms with van der Waals surface area (Å²) in [5.74, 6) is 0. The van der Waals surface area contributed by atoms with Gasteiger partial charge in [-0.05, 0) is 92.9 Å². The molecule has 1 heterocycles. The maximum atomic E-state index is 5.13. The molecule has 0 bridgehead atoms. The van der Waals surface area contributed by atoms with Crippen LogP contribution in [0.4, 0.5) is 0 Å². The fourth-order valence-electron chi connectivity index (χ4n) is 6.89. The molecule has 0 saturated heterocycles. The van der Waals surface area contributed by atoms with Crippen molar-refractivity contribution in [2.75, 3.05) is 0 Å². The molecule has 224 valence electrons. The minimum Gasteiger partial charge on any atom is -0.248 e. The fourth-order valence-corrected chi connectivity index (χ4v) is 6.89. The first-order valence-corrected chi connectivity index (χ1v) is 16.3. The van der Waals surface area contributed by atoms with Crippen LogP contribution in [0.1, 0.15) is 35.7 Å².